The van der Waals surface area contributed by atoms with E-state index >= 15 is 0 Å². The molecule has 0 aliphatic carbocycles. The first-order valence-corrected chi connectivity index (χ1v) is 5.61. The zero-order valence-corrected chi connectivity index (χ0v) is 10.8. The number of alkyl halides is 3. The second-order valence-electron chi connectivity index (χ2n) is 5.32. The van der Waals surface area contributed by atoms with E-state index in [0.717, 1.165) is 18.2 Å². The number of benzene rings is 1. The molecule has 1 nitrogen and oxygen atoms in total. The molecule has 0 aliphatic rings. The Labute approximate surface area is 104 Å². The Kier molecular flexibility index (Phi) is 4.05. The molecule has 18 heavy (non-hydrogen) atoms. The molecule has 1 aromatic carbocycles. The lowest BCUT2D eigenvalue weighted by atomic mass is 9.80. The summed E-state index contributed by atoms with van der Waals surface area (Å²) in [7, 11) is 1.57. The van der Waals surface area contributed by atoms with Gasteiger partial charge in [-0.1, -0.05) is 20.8 Å². The summed E-state index contributed by atoms with van der Waals surface area (Å²) in [6.07, 6.45) is -4.48. The Hall–Kier alpha value is -1.10. The van der Waals surface area contributed by atoms with Crippen molar-refractivity contribution in [3.05, 3.63) is 35.1 Å². The second kappa shape index (κ2) is 4.88. The monoisotopic (exact) mass is 263 g/mol. The molecule has 0 spiro atoms. The molecule has 0 aliphatic heterocycles. The van der Waals surface area contributed by atoms with Crippen LogP contribution >= 0.6 is 0 Å². The second-order valence-corrected chi connectivity index (χ2v) is 5.32. The van der Waals surface area contributed by atoms with Crippen molar-refractivity contribution >= 4 is 0 Å². The highest BCUT2D eigenvalue weighted by Crippen LogP contribution is 2.40. The summed E-state index contributed by atoms with van der Waals surface area (Å²) in [5, 5.41) is 2.83. The maximum absolute atomic E-state index is 13.2. The number of halogens is 4. The molecule has 1 N–H and O–H groups in total. The van der Waals surface area contributed by atoms with Crippen LogP contribution in [0.2, 0.25) is 0 Å². The van der Waals surface area contributed by atoms with Crippen molar-refractivity contribution in [3.63, 3.8) is 0 Å². The smallest absolute Gasteiger partial charge is 0.313 e. The predicted octanol–water partition coefficient (Wildman–Crippen LogP) is 4.15. The van der Waals surface area contributed by atoms with Gasteiger partial charge >= 0.3 is 6.18 Å². The molecule has 0 amide bonds. The molecule has 5 heteroatoms. The van der Waals surface area contributed by atoms with Crippen LogP contribution in [0.4, 0.5) is 17.6 Å². The fourth-order valence-electron chi connectivity index (χ4n) is 2.09. The molecule has 0 radical (unpaired) electrons. The lowest BCUT2D eigenvalue weighted by Crippen LogP contribution is -2.31. The normalized spacial score (nSPS) is 14.7. The fourth-order valence-corrected chi connectivity index (χ4v) is 2.09. The molecular weight excluding hydrogens is 246 g/mol. The van der Waals surface area contributed by atoms with E-state index < -0.39 is 29.0 Å². The van der Waals surface area contributed by atoms with Crippen molar-refractivity contribution in [1.29, 1.82) is 0 Å². The van der Waals surface area contributed by atoms with Crippen molar-refractivity contribution in [3.8, 4) is 0 Å². The summed E-state index contributed by atoms with van der Waals surface area (Å²) >= 11 is 0. The molecule has 0 saturated carbocycles. The number of hydrogen-bond acceptors (Lipinski definition) is 1. The molecule has 0 fully saturated rings. The third-order valence-electron chi connectivity index (χ3n) is 2.78. The molecular formula is C13H17F4N. The van der Waals surface area contributed by atoms with Crippen molar-refractivity contribution in [2.75, 3.05) is 7.05 Å². The molecule has 0 heterocycles. The topological polar surface area (TPSA) is 12.0 Å². The summed E-state index contributed by atoms with van der Waals surface area (Å²) < 4.78 is 52.0. The van der Waals surface area contributed by atoms with E-state index in [1.807, 2.05) is 0 Å². The highest BCUT2D eigenvalue weighted by atomic mass is 19.4. The Balaban J connectivity index is 3.41. The van der Waals surface area contributed by atoms with Gasteiger partial charge in [-0.2, -0.15) is 13.2 Å². The van der Waals surface area contributed by atoms with Crippen LogP contribution in [0.1, 0.15) is 37.9 Å². The first-order valence-electron chi connectivity index (χ1n) is 5.61. The van der Waals surface area contributed by atoms with Crippen molar-refractivity contribution in [1.82, 2.24) is 5.32 Å². The van der Waals surface area contributed by atoms with E-state index in [1.54, 1.807) is 27.8 Å². The standard InChI is InChI=1S/C13H17F4N/c1-12(2,3)11(18-4)9-7-8(14)5-6-10(9)13(15,16)17/h5-7,11,18H,1-4H3. The molecule has 1 rings (SSSR count). The molecule has 0 bridgehead atoms. The number of nitrogens with one attached hydrogen (secondary N) is 1. The van der Waals surface area contributed by atoms with Crippen LogP contribution < -0.4 is 5.32 Å². The van der Waals surface area contributed by atoms with Gasteiger partial charge in [0.25, 0.3) is 0 Å². The average molecular weight is 263 g/mol. The van der Waals surface area contributed by atoms with Crippen LogP contribution in [0.15, 0.2) is 18.2 Å². The number of hydrogen-bond donors (Lipinski definition) is 1. The summed E-state index contributed by atoms with van der Waals surface area (Å²) in [6.45, 7) is 5.41. The average Bonchev–Trinajstić information content (AvgIpc) is 2.14. The summed E-state index contributed by atoms with van der Waals surface area (Å²) in [5.74, 6) is -0.664. The number of rotatable bonds is 2. The maximum Gasteiger partial charge on any atom is 0.416 e. The van der Waals surface area contributed by atoms with Gasteiger partial charge in [0.15, 0.2) is 0 Å². The highest BCUT2D eigenvalue weighted by Gasteiger charge is 2.37. The minimum atomic E-state index is -4.48. The Morgan fingerprint density at radius 2 is 1.67 bits per heavy atom. The highest BCUT2D eigenvalue weighted by molar-refractivity contribution is 5.34. The van der Waals surface area contributed by atoms with E-state index in [9.17, 15) is 17.6 Å². The zero-order valence-electron chi connectivity index (χ0n) is 10.8. The minimum absolute atomic E-state index is 0.0579. The van der Waals surface area contributed by atoms with E-state index in [1.165, 1.54) is 0 Å². The van der Waals surface area contributed by atoms with Gasteiger partial charge in [-0.25, -0.2) is 4.39 Å². The summed E-state index contributed by atoms with van der Waals surface area (Å²) in [6, 6.07) is 2.00. The van der Waals surface area contributed by atoms with Crippen LogP contribution in [-0.4, -0.2) is 7.05 Å². The SMILES string of the molecule is CNC(c1cc(F)ccc1C(F)(F)F)C(C)(C)C. The molecule has 1 unspecified atom stereocenters. The lowest BCUT2D eigenvalue weighted by Gasteiger charge is -2.32. The zero-order chi connectivity index (χ0) is 14.1. The quantitative estimate of drug-likeness (QED) is 0.790. The van der Waals surface area contributed by atoms with Crippen molar-refractivity contribution < 1.29 is 17.6 Å². The van der Waals surface area contributed by atoms with Gasteiger partial charge in [0.05, 0.1) is 5.56 Å². The minimum Gasteiger partial charge on any atom is -0.313 e. The van der Waals surface area contributed by atoms with Crippen LogP contribution in [0.25, 0.3) is 0 Å². The van der Waals surface area contributed by atoms with Gasteiger partial charge in [0.2, 0.25) is 0 Å². The van der Waals surface area contributed by atoms with Gasteiger partial charge < -0.3 is 5.32 Å². The third kappa shape index (κ3) is 3.22. The first-order chi connectivity index (χ1) is 8.07. The van der Waals surface area contributed by atoms with Crippen LogP contribution in [0, 0.1) is 11.2 Å². The molecule has 102 valence electrons. The van der Waals surface area contributed by atoms with Gasteiger partial charge in [-0.05, 0) is 36.2 Å². The van der Waals surface area contributed by atoms with E-state index in [2.05, 4.69) is 5.32 Å². The van der Waals surface area contributed by atoms with Crippen molar-refractivity contribution in [2.45, 2.75) is 33.0 Å². The molecule has 0 saturated heterocycles. The Bertz CT molecular complexity index is 418. The Morgan fingerprint density at radius 1 is 1.11 bits per heavy atom. The largest absolute Gasteiger partial charge is 0.416 e. The maximum atomic E-state index is 13.2. The first kappa shape index (κ1) is 15.0. The lowest BCUT2D eigenvalue weighted by molar-refractivity contribution is -0.138. The van der Waals surface area contributed by atoms with Crippen molar-refractivity contribution in [2.24, 2.45) is 5.41 Å². The molecule has 1 atom stereocenters. The Morgan fingerprint density at radius 3 is 2.06 bits per heavy atom. The third-order valence-corrected chi connectivity index (χ3v) is 2.78. The fraction of sp³-hybridized carbons (Fsp3) is 0.538. The van der Waals surface area contributed by atoms with E-state index in [0.29, 0.717) is 0 Å². The van der Waals surface area contributed by atoms with Crippen LogP contribution in [0.3, 0.4) is 0 Å². The van der Waals surface area contributed by atoms with Gasteiger partial charge in [0.1, 0.15) is 5.82 Å². The van der Waals surface area contributed by atoms with Crippen LogP contribution in [-0.2, 0) is 6.18 Å². The van der Waals surface area contributed by atoms with E-state index in [4.69, 9.17) is 0 Å². The van der Waals surface area contributed by atoms with E-state index in [-0.39, 0.29) is 5.56 Å². The van der Waals surface area contributed by atoms with Gasteiger partial charge in [-0.3, -0.25) is 0 Å². The summed E-state index contributed by atoms with van der Waals surface area (Å²) in [4.78, 5) is 0. The van der Waals surface area contributed by atoms with Crippen LogP contribution in [0.5, 0.6) is 0 Å². The van der Waals surface area contributed by atoms with Gasteiger partial charge in [-0.15, -0.1) is 0 Å². The molecule has 1 aromatic rings. The molecule has 0 aromatic heterocycles. The predicted molar refractivity (Wildman–Crippen MR) is 62.7 cm³/mol. The van der Waals surface area contributed by atoms with Gasteiger partial charge in [0, 0.05) is 6.04 Å². The summed E-state index contributed by atoms with van der Waals surface area (Å²) in [5.41, 5.74) is -1.31.